The molecule has 21 heavy (non-hydrogen) atoms. The van der Waals surface area contributed by atoms with E-state index in [4.69, 9.17) is 5.73 Å². The number of aromatic nitrogens is 1. The Morgan fingerprint density at radius 3 is 2.57 bits per heavy atom. The predicted molar refractivity (Wildman–Crippen MR) is 72.5 cm³/mol. The van der Waals surface area contributed by atoms with Gasteiger partial charge in [0.2, 0.25) is 0 Å². The number of nitrogens with zero attached hydrogens (tertiary/aromatic N) is 2. The fourth-order valence-corrected chi connectivity index (χ4v) is 2.48. The number of pyridine rings is 1. The lowest BCUT2D eigenvalue weighted by atomic mass is 10.3. The number of anilines is 2. The number of nitrogens with two attached hydrogens (primary N) is 1. The second-order valence-corrected chi connectivity index (χ2v) is 5.63. The first-order valence-electron chi connectivity index (χ1n) is 5.48. The van der Waals surface area contributed by atoms with Crippen LogP contribution in [0.25, 0.3) is 0 Å². The summed E-state index contributed by atoms with van der Waals surface area (Å²) >= 11 is 0. The standard InChI is InChI=1S/C11H9FN4O4S/c12-7-1-3-9(13)10(5-7)15-21(19,20)8-2-4-11(14-6-8)16(17)18/h1-6,15H,13H2. The maximum Gasteiger partial charge on any atom is 0.363 e. The molecule has 0 fully saturated rings. The third kappa shape index (κ3) is 3.23. The molecule has 0 aliphatic heterocycles. The molecule has 2 aromatic rings. The van der Waals surface area contributed by atoms with E-state index >= 15 is 0 Å². The first kappa shape index (κ1) is 14.7. The average Bonchev–Trinajstić information content (AvgIpc) is 2.43. The maximum absolute atomic E-state index is 13.1. The van der Waals surface area contributed by atoms with Crippen molar-refractivity contribution in [1.29, 1.82) is 0 Å². The quantitative estimate of drug-likeness (QED) is 0.500. The number of benzene rings is 1. The number of nitro groups is 1. The Morgan fingerprint density at radius 2 is 2.00 bits per heavy atom. The van der Waals surface area contributed by atoms with Crippen LogP contribution < -0.4 is 10.5 Å². The van der Waals surface area contributed by atoms with Crippen LogP contribution in [-0.4, -0.2) is 18.3 Å². The van der Waals surface area contributed by atoms with Gasteiger partial charge in [-0.05, 0) is 28.1 Å². The molecule has 0 unspecified atom stereocenters. The van der Waals surface area contributed by atoms with Gasteiger partial charge in [0.05, 0.1) is 11.4 Å². The van der Waals surface area contributed by atoms with Crippen molar-refractivity contribution in [3.63, 3.8) is 0 Å². The monoisotopic (exact) mass is 312 g/mol. The summed E-state index contributed by atoms with van der Waals surface area (Å²) in [6.07, 6.45) is 0.829. The van der Waals surface area contributed by atoms with Crippen molar-refractivity contribution in [3.05, 3.63) is 52.5 Å². The molecule has 2 rings (SSSR count). The molecule has 110 valence electrons. The number of halogens is 1. The molecule has 0 spiro atoms. The van der Waals surface area contributed by atoms with Crippen LogP contribution in [0.3, 0.4) is 0 Å². The topological polar surface area (TPSA) is 128 Å². The Balaban J connectivity index is 2.34. The number of nitrogen functional groups attached to an aromatic ring is 1. The summed E-state index contributed by atoms with van der Waals surface area (Å²) in [5.41, 5.74) is 5.45. The number of hydrogen-bond donors (Lipinski definition) is 2. The van der Waals surface area contributed by atoms with Gasteiger partial charge >= 0.3 is 5.82 Å². The van der Waals surface area contributed by atoms with Crippen molar-refractivity contribution in [1.82, 2.24) is 4.98 Å². The molecule has 0 aliphatic carbocycles. The zero-order chi connectivity index (χ0) is 15.6. The number of sulfonamides is 1. The average molecular weight is 312 g/mol. The zero-order valence-electron chi connectivity index (χ0n) is 10.4. The molecule has 0 aliphatic rings. The molecule has 0 saturated heterocycles. The highest BCUT2D eigenvalue weighted by atomic mass is 32.2. The van der Waals surface area contributed by atoms with Crippen LogP contribution in [0.2, 0.25) is 0 Å². The van der Waals surface area contributed by atoms with Gasteiger partial charge in [-0.25, -0.2) is 12.8 Å². The number of rotatable bonds is 4. The molecule has 10 heteroatoms. The van der Waals surface area contributed by atoms with Crippen LogP contribution in [0.15, 0.2) is 41.4 Å². The Morgan fingerprint density at radius 1 is 1.29 bits per heavy atom. The van der Waals surface area contributed by atoms with E-state index in [2.05, 4.69) is 9.71 Å². The minimum atomic E-state index is -4.08. The lowest BCUT2D eigenvalue weighted by molar-refractivity contribution is -0.389. The molecular weight excluding hydrogens is 303 g/mol. The SMILES string of the molecule is Nc1ccc(F)cc1NS(=O)(=O)c1ccc([N+](=O)[O-])nc1. The normalized spacial score (nSPS) is 11.1. The van der Waals surface area contributed by atoms with Gasteiger partial charge in [-0.15, -0.1) is 0 Å². The van der Waals surface area contributed by atoms with Crippen molar-refractivity contribution in [2.45, 2.75) is 4.90 Å². The molecule has 0 atom stereocenters. The van der Waals surface area contributed by atoms with E-state index in [9.17, 15) is 22.9 Å². The summed E-state index contributed by atoms with van der Waals surface area (Å²) in [7, 11) is -4.08. The summed E-state index contributed by atoms with van der Waals surface area (Å²) in [5, 5.41) is 10.5. The molecule has 0 saturated carbocycles. The third-order valence-corrected chi connectivity index (χ3v) is 3.83. The molecule has 0 bridgehead atoms. The van der Waals surface area contributed by atoms with Crippen LogP contribution in [0, 0.1) is 15.9 Å². The van der Waals surface area contributed by atoms with Gasteiger partial charge in [0.25, 0.3) is 10.0 Å². The van der Waals surface area contributed by atoms with E-state index in [0.717, 1.165) is 30.5 Å². The Labute approximate surface area is 118 Å². The number of nitrogens with one attached hydrogen (secondary N) is 1. The van der Waals surface area contributed by atoms with E-state index in [1.807, 2.05) is 0 Å². The first-order chi connectivity index (χ1) is 9.79. The summed E-state index contributed by atoms with van der Waals surface area (Å²) < 4.78 is 39.3. The summed E-state index contributed by atoms with van der Waals surface area (Å²) in [6, 6.07) is 5.18. The van der Waals surface area contributed by atoms with Crippen molar-refractivity contribution in [2.75, 3.05) is 10.5 Å². The Hall–Kier alpha value is -2.75. The Bertz CT molecular complexity index is 792. The maximum atomic E-state index is 13.1. The van der Waals surface area contributed by atoms with E-state index < -0.39 is 26.6 Å². The first-order valence-corrected chi connectivity index (χ1v) is 6.96. The van der Waals surface area contributed by atoms with Crippen LogP contribution in [0.4, 0.5) is 21.6 Å². The third-order valence-electron chi connectivity index (χ3n) is 2.48. The van der Waals surface area contributed by atoms with Crippen LogP contribution in [-0.2, 0) is 10.0 Å². The fraction of sp³-hybridized carbons (Fsp3) is 0. The van der Waals surface area contributed by atoms with Gasteiger partial charge in [0, 0.05) is 12.1 Å². The summed E-state index contributed by atoms with van der Waals surface area (Å²) in [6.45, 7) is 0. The van der Waals surface area contributed by atoms with Crippen LogP contribution in [0.1, 0.15) is 0 Å². The van der Waals surface area contributed by atoms with Crippen molar-refractivity contribution >= 4 is 27.2 Å². The minimum absolute atomic E-state index is 0.0369. The van der Waals surface area contributed by atoms with E-state index in [-0.39, 0.29) is 16.3 Å². The van der Waals surface area contributed by atoms with Crippen LogP contribution in [0.5, 0.6) is 0 Å². The van der Waals surface area contributed by atoms with Gasteiger partial charge < -0.3 is 15.8 Å². The van der Waals surface area contributed by atoms with Gasteiger partial charge in [0.1, 0.15) is 10.7 Å². The molecule has 1 aromatic carbocycles. The molecule has 0 amide bonds. The minimum Gasteiger partial charge on any atom is -0.397 e. The zero-order valence-corrected chi connectivity index (χ0v) is 11.2. The van der Waals surface area contributed by atoms with E-state index in [1.54, 1.807) is 0 Å². The molecule has 3 N–H and O–H groups in total. The fourth-order valence-electron chi connectivity index (χ4n) is 1.46. The number of hydrogen-bond acceptors (Lipinski definition) is 6. The highest BCUT2D eigenvalue weighted by Gasteiger charge is 2.19. The molecule has 1 aromatic heterocycles. The van der Waals surface area contributed by atoms with Gasteiger partial charge in [-0.1, -0.05) is 0 Å². The molecule has 8 nitrogen and oxygen atoms in total. The molecular formula is C11H9FN4O4S. The van der Waals surface area contributed by atoms with Gasteiger partial charge in [-0.2, -0.15) is 0 Å². The van der Waals surface area contributed by atoms with Crippen molar-refractivity contribution in [3.8, 4) is 0 Å². The van der Waals surface area contributed by atoms with Crippen molar-refractivity contribution < 1.29 is 17.7 Å². The molecule has 0 radical (unpaired) electrons. The second-order valence-electron chi connectivity index (χ2n) is 3.95. The highest BCUT2D eigenvalue weighted by molar-refractivity contribution is 7.92. The lowest BCUT2D eigenvalue weighted by Gasteiger charge is -2.09. The largest absolute Gasteiger partial charge is 0.397 e. The van der Waals surface area contributed by atoms with Gasteiger partial charge in [-0.3, -0.25) is 4.72 Å². The van der Waals surface area contributed by atoms with E-state index in [1.165, 1.54) is 6.07 Å². The van der Waals surface area contributed by atoms with Crippen LogP contribution >= 0.6 is 0 Å². The predicted octanol–water partition coefficient (Wildman–Crippen LogP) is 1.51. The van der Waals surface area contributed by atoms with Gasteiger partial charge in [0.15, 0.2) is 6.20 Å². The smallest absolute Gasteiger partial charge is 0.363 e. The summed E-state index contributed by atoms with van der Waals surface area (Å²) in [5.74, 6) is -1.15. The highest BCUT2D eigenvalue weighted by Crippen LogP contribution is 2.23. The van der Waals surface area contributed by atoms with Crippen molar-refractivity contribution in [2.24, 2.45) is 0 Å². The van der Waals surface area contributed by atoms with E-state index in [0.29, 0.717) is 0 Å². The summed E-state index contributed by atoms with van der Waals surface area (Å²) in [4.78, 5) is 12.8. The second kappa shape index (κ2) is 5.32. The lowest BCUT2D eigenvalue weighted by Crippen LogP contribution is -2.14. The molecule has 1 heterocycles. The Kier molecular flexibility index (Phi) is 3.72.